The van der Waals surface area contributed by atoms with E-state index in [4.69, 9.17) is 5.26 Å². The van der Waals surface area contributed by atoms with Crippen molar-refractivity contribution in [2.45, 2.75) is 0 Å². The van der Waals surface area contributed by atoms with Gasteiger partial charge in [0.25, 0.3) is 0 Å². The van der Waals surface area contributed by atoms with E-state index in [0.29, 0.717) is 5.56 Å². The molecule has 0 amide bonds. The normalized spacial score (nSPS) is 10.4. The number of rotatable bonds is 0. The van der Waals surface area contributed by atoms with Crippen molar-refractivity contribution < 1.29 is 0 Å². The molecular formula is C15H8N. The minimum absolute atomic E-state index is 0.586. The van der Waals surface area contributed by atoms with Crippen LogP contribution in [-0.4, -0.2) is 0 Å². The van der Waals surface area contributed by atoms with Crippen LogP contribution in [0.1, 0.15) is 5.56 Å². The van der Waals surface area contributed by atoms with E-state index in [1.54, 1.807) is 0 Å². The zero-order valence-electron chi connectivity index (χ0n) is 8.57. The summed E-state index contributed by atoms with van der Waals surface area (Å²) in [5.74, 6) is 0. The smallest absolute Gasteiger partial charge is 0.0998 e. The summed E-state index contributed by atoms with van der Waals surface area (Å²) >= 11 is 0. The van der Waals surface area contributed by atoms with E-state index < -0.39 is 0 Å². The summed E-state index contributed by atoms with van der Waals surface area (Å²) in [7, 11) is 0. The molecule has 0 saturated carbocycles. The van der Waals surface area contributed by atoms with Gasteiger partial charge in [0, 0.05) is 6.07 Å². The average Bonchev–Trinajstić information content (AvgIpc) is 2.35. The van der Waals surface area contributed by atoms with Crippen molar-refractivity contribution >= 4 is 21.5 Å². The Morgan fingerprint density at radius 2 is 1.56 bits per heavy atom. The Labute approximate surface area is 93.6 Å². The van der Waals surface area contributed by atoms with Crippen LogP contribution in [0.25, 0.3) is 21.5 Å². The van der Waals surface area contributed by atoms with Crippen LogP contribution in [0.2, 0.25) is 0 Å². The minimum atomic E-state index is 0.586. The molecule has 0 bridgehead atoms. The van der Waals surface area contributed by atoms with Gasteiger partial charge in [-0.2, -0.15) is 5.26 Å². The molecule has 0 fully saturated rings. The standard InChI is InChI=1S/C15H8N/c16-10-11-5-6-14-8-12-3-1-2-4-13(12)9-15(14)7-11/h1-4,6-9H. The molecule has 3 rings (SSSR count). The molecule has 0 aliphatic carbocycles. The van der Waals surface area contributed by atoms with Gasteiger partial charge < -0.3 is 0 Å². The maximum Gasteiger partial charge on any atom is 0.0998 e. The zero-order chi connectivity index (χ0) is 11.0. The van der Waals surface area contributed by atoms with Crippen molar-refractivity contribution in [3.05, 3.63) is 60.2 Å². The molecule has 0 aromatic heterocycles. The Bertz CT molecular complexity index is 720. The molecule has 0 aliphatic rings. The first-order valence-electron chi connectivity index (χ1n) is 5.11. The lowest BCUT2D eigenvalue weighted by atomic mass is 10.0. The molecule has 1 nitrogen and oxygen atoms in total. The van der Waals surface area contributed by atoms with Crippen LogP contribution in [0, 0.1) is 17.4 Å². The van der Waals surface area contributed by atoms with Gasteiger partial charge in [0.1, 0.15) is 0 Å². The van der Waals surface area contributed by atoms with Crippen molar-refractivity contribution in [3.8, 4) is 6.07 Å². The van der Waals surface area contributed by atoms with Gasteiger partial charge in [-0.25, -0.2) is 0 Å². The van der Waals surface area contributed by atoms with E-state index in [0.717, 1.165) is 10.8 Å². The monoisotopic (exact) mass is 202 g/mol. The summed E-state index contributed by atoms with van der Waals surface area (Å²) in [6.07, 6.45) is 0. The van der Waals surface area contributed by atoms with Crippen LogP contribution in [0.3, 0.4) is 0 Å². The predicted molar refractivity (Wildman–Crippen MR) is 65.0 cm³/mol. The molecule has 0 atom stereocenters. The largest absolute Gasteiger partial charge is 0.192 e. The average molecular weight is 202 g/mol. The number of nitriles is 1. The van der Waals surface area contributed by atoms with Crippen LogP contribution in [0.4, 0.5) is 0 Å². The van der Waals surface area contributed by atoms with Gasteiger partial charge in [-0.3, -0.25) is 0 Å². The third kappa shape index (κ3) is 1.32. The Morgan fingerprint density at radius 3 is 2.25 bits per heavy atom. The lowest BCUT2D eigenvalue weighted by Crippen LogP contribution is -1.79. The fourth-order valence-corrected chi connectivity index (χ4v) is 1.94. The SMILES string of the molecule is N#Cc1[c]cc2cc3ccccc3cc2c1. The first kappa shape index (κ1) is 8.94. The maximum atomic E-state index is 8.83. The Kier molecular flexibility index (Phi) is 1.88. The number of nitrogens with zero attached hydrogens (tertiary/aromatic N) is 1. The van der Waals surface area contributed by atoms with Gasteiger partial charge in [-0.1, -0.05) is 24.3 Å². The quantitative estimate of drug-likeness (QED) is 0.510. The summed E-state index contributed by atoms with van der Waals surface area (Å²) in [4.78, 5) is 0. The Morgan fingerprint density at radius 1 is 0.875 bits per heavy atom. The highest BCUT2D eigenvalue weighted by Crippen LogP contribution is 2.23. The molecule has 16 heavy (non-hydrogen) atoms. The van der Waals surface area contributed by atoms with Gasteiger partial charge in [0.05, 0.1) is 11.6 Å². The van der Waals surface area contributed by atoms with Gasteiger partial charge in [-0.15, -0.1) is 0 Å². The molecule has 0 aliphatic heterocycles. The number of hydrogen-bond acceptors (Lipinski definition) is 1. The third-order valence-corrected chi connectivity index (χ3v) is 2.75. The third-order valence-electron chi connectivity index (χ3n) is 2.75. The van der Waals surface area contributed by atoms with Gasteiger partial charge >= 0.3 is 0 Å². The lowest BCUT2D eigenvalue weighted by molar-refractivity contribution is 1.49. The van der Waals surface area contributed by atoms with Crippen LogP contribution in [0.15, 0.2) is 48.5 Å². The molecule has 1 heteroatoms. The van der Waals surface area contributed by atoms with Gasteiger partial charge in [0.15, 0.2) is 0 Å². The van der Waals surface area contributed by atoms with Crippen molar-refractivity contribution in [2.75, 3.05) is 0 Å². The second kappa shape index (κ2) is 3.36. The first-order valence-corrected chi connectivity index (χ1v) is 5.11. The Balaban J connectivity index is 2.43. The molecule has 3 aromatic carbocycles. The summed E-state index contributed by atoms with van der Waals surface area (Å²) in [5, 5.41) is 13.5. The van der Waals surface area contributed by atoms with Crippen molar-refractivity contribution in [2.24, 2.45) is 0 Å². The first-order chi connectivity index (χ1) is 7.86. The fourth-order valence-electron chi connectivity index (χ4n) is 1.94. The van der Waals surface area contributed by atoms with Crippen molar-refractivity contribution in [3.63, 3.8) is 0 Å². The van der Waals surface area contributed by atoms with Crippen LogP contribution in [-0.2, 0) is 0 Å². The maximum absolute atomic E-state index is 8.83. The molecular weight excluding hydrogens is 194 g/mol. The molecule has 73 valence electrons. The molecule has 0 unspecified atom stereocenters. The predicted octanol–water partition coefficient (Wildman–Crippen LogP) is 3.66. The molecule has 3 aromatic rings. The van der Waals surface area contributed by atoms with Gasteiger partial charge in [0.2, 0.25) is 0 Å². The summed E-state index contributed by atoms with van der Waals surface area (Å²) in [5.41, 5.74) is 0.586. The van der Waals surface area contributed by atoms with E-state index >= 15 is 0 Å². The van der Waals surface area contributed by atoms with E-state index in [1.807, 2.05) is 24.3 Å². The molecule has 0 heterocycles. The number of benzene rings is 3. The van der Waals surface area contributed by atoms with E-state index in [1.165, 1.54) is 10.8 Å². The summed E-state index contributed by atoms with van der Waals surface area (Å²) < 4.78 is 0. The van der Waals surface area contributed by atoms with E-state index in [9.17, 15) is 0 Å². The van der Waals surface area contributed by atoms with Crippen LogP contribution in [0.5, 0.6) is 0 Å². The molecule has 0 N–H and O–H groups in total. The van der Waals surface area contributed by atoms with Crippen LogP contribution < -0.4 is 0 Å². The highest BCUT2D eigenvalue weighted by atomic mass is 14.2. The fraction of sp³-hybridized carbons (Fsp3) is 0. The van der Waals surface area contributed by atoms with Crippen molar-refractivity contribution in [1.82, 2.24) is 0 Å². The topological polar surface area (TPSA) is 23.8 Å². The van der Waals surface area contributed by atoms with E-state index in [2.05, 4.69) is 36.4 Å². The summed E-state index contributed by atoms with van der Waals surface area (Å²) in [6, 6.07) is 21.3. The Hall–Kier alpha value is -2.33. The number of fused-ring (bicyclic) bond motifs is 2. The van der Waals surface area contributed by atoms with E-state index in [-0.39, 0.29) is 0 Å². The highest BCUT2D eigenvalue weighted by molar-refractivity contribution is 5.98. The van der Waals surface area contributed by atoms with Crippen LogP contribution >= 0.6 is 0 Å². The second-order valence-corrected chi connectivity index (χ2v) is 3.79. The van der Waals surface area contributed by atoms with Crippen molar-refractivity contribution in [1.29, 1.82) is 5.26 Å². The minimum Gasteiger partial charge on any atom is -0.192 e. The lowest BCUT2D eigenvalue weighted by Gasteiger charge is -2.01. The molecule has 1 radical (unpaired) electrons. The number of hydrogen-bond donors (Lipinski definition) is 0. The second-order valence-electron chi connectivity index (χ2n) is 3.79. The summed E-state index contributed by atoms with van der Waals surface area (Å²) in [6.45, 7) is 0. The highest BCUT2D eigenvalue weighted by Gasteiger charge is 1.99. The molecule has 0 saturated heterocycles. The van der Waals surface area contributed by atoms with Gasteiger partial charge in [-0.05, 0) is 45.8 Å². The zero-order valence-corrected chi connectivity index (χ0v) is 8.57. The molecule has 0 spiro atoms.